The van der Waals surface area contributed by atoms with E-state index in [4.69, 9.17) is 19.9 Å². The van der Waals surface area contributed by atoms with Crippen LogP contribution in [0.3, 0.4) is 0 Å². The Hall–Kier alpha value is -1.74. The second-order valence-electron chi connectivity index (χ2n) is 5.20. The first kappa shape index (κ1) is 17.6. The summed E-state index contributed by atoms with van der Waals surface area (Å²) in [6.45, 7) is 4.23. The number of ether oxygens (including phenoxy) is 3. The van der Waals surface area contributed by atoms with E-state index in [2.05, 4.69) is 11.9 Å². The van der Waals surface area contributed by atoms with Crippen LogP contribution in [-0.2, 0) is 19.0 Å². The molecule has 0 spiro atoms. The maximum Gasteiger partial charge on any atom is 0.258 e. The quantitative estimate of drug-likeness (QED) is 0.715. The van der Waals surface area contributed by atoms with E-state index in [1.807, 2.05) is 0 Å². The minimum absolute atomic E-state index is 0.200. The van der Waals surface area contributed by atoms with Crippen molar-refractivity contribution in [3.05, 3.63) is 36.3 Å². The van der Waals surface area contributed by atoms with Crippen molar-refractivity contribution in [2.75, 3.05) is 27.4 Å². The predicted molar refractivity (Wildman–Crippen MR) is 81.6 cm³/mol. The SMILES string of the molecule is C=C1NC(=O)C(/C=C/CN)=CN1C1O[C@H](COC)[C@@H](OC)C1F. The summed E-state index contributed by atoms with van der Waals surface area (Å²) in [5.41, 5.74) is 5.73. The van der Waals surface area contributed by atoms with Gasteiger partial charge in [0.2, 0.25) is 0 Å². The third-order valence-corrected chi connectivity index (χ3v) is 3.69. The van der Waals surface area contributed by atoms with E-state index in [0.29, 0.717) is 12.1 Å². The van der Waals surface area contributed by atoms with Crippen molar-refractivity contribution in [2.24, 2.45) is 5.73 Å². The molecule has 0 bridgehead atoms. The summed E-state index contributed by atoms with van der Waals surface area (Å²) < 4.78 is 30.6. The molecule has 2 aliphatic heterocycles. The molecule has 0 radical (unpaired) electrons. The second kappa shape index (κ2) is 7.69. The highest BCUT2D eigenvalue weighted by Gasteiger charge is 2.48. The van der Waals surface area contributed by atoms with Gasteiger partial charge >= 0.3 is 0 Å². The topological polar surface area (TPSA) is 86.1 Å². The number of nitrogens with zero attached hydrogens (tertiary/aromatic N) is 1. The van der Waals surface area contributed by atoms with Gasteiger partial charge in [0.1, 0.15) is 18.0 Å². The Morgan fingerprint density at radius 1 is 1.57 bits per heavy atom. The van der Waals surface area contributed by atoms with Crippen LogP contribution in [0.4, 0.5) is 4.39 Å². The molecule has 1 saturated heterocycles. The van der Waals surface area contributed by atoms with Gasteiger partial charge in [-0.2, -0.15) is 0 Å². The van der Waals surface area contributed by atoms with Crippen LogP contribution in [0.2, 0.25) is 0 Å². The first-order valence-electron chi connectivity index (χ1n) is 7.21. The maximum atomic E-state index is 14.7. The van der Waals surface area contributed by atoms with Crippen molar-refractivity contribution in [1.82, 2.24) is 10.2 Å². The fourth-order valence-corrected chi connectivity index (χ4v) is 2.59. The Morgan fingerprint density at radius 3 is 2.91 bits per heavy atom. The lowest BCUT2D eigenvalue weighted by molar-refractivity contribution is -0.119. The summed E-state index contributed by atoms with van der Waals surface area (Å²) >= 11 is 0. The largest absolute Gasteiger partial charge is 0.382 e. The van der Waals surface area contributed by atoms with Crippen molar-refractivity contribution in [3.63, 3.8) is 0 Å². The fraction of sp³-hybridized carbons (Fsp3) is 0.533. The summed E-state index contributed by atoms with van der Waals surface area (Å²) in [6, 6.07) is 0. The van der Waals surface area contributed by atoms with Gasteiger partial charge in [0.05, 0.1) is 12.2 Å². The minimum atomic E-state index is -1.43. The number of amides is 1. The zero-order valence-electron chi connectivity index (χ0n) is 13.2. The van der Waals surface area contributed by atoms with Crippen LogP contribution in [0, 0.1) is 0 Å². The van der Waals surface area contributed by atoms with Crippen LogP contribution in [-0.4, -0.2) is 62.8 Å². The Labute approximate surface area is 134 Å². The van der Waals surface area contributed by atoms with Crippen LogP contribution >= 0.6 is 0 Å². The monoisotopic (exact) mass is 327 g/mol. The lowest BCUT2D eigenvalue weighted by atomic mass is 10.1. The van der Waals surface area contributed by atoms with Gasteiger partial charge in [-0.05, 0) is 0 Å². The van der Waals surface area contributed by atoms with Gasteiger partial charge in [-0.25, -0.2) is 4.39 Å². The highest BCUT2D eigenvalue weighted by atomic mass is 19.1. The average Bonchev–Trinajstić information content (AvgIpc) is 2.82. The Kier molecular flexibility index (Phi) is 5.89. The van der Waals surface area contributed by atoms with Crippen LogP contribution in [0.5, 0.6) is 0 Å². The zero-order valence-corrected chi connectivity index (χ0v) is 13.2. The molecular weight excluding hydrogens is 305 g/mol. The molecule has 0 aromatic carbocycles. The van der Waals surface area contributed by atoms with Crippen molar-refractivity contribution < 1.29 is 23.4 Å². The molecule has 8 heteroatoms. The van der Waals surface area contributed by atoms with Crippen LogP contribution in [0.15, 0.2) is 36.3 Å². The molecule has 2 unspecified atom stereocenters. The number of methoxy groups -OCH3 is 2. The lowest BCUT2D eigenvalue weighted by Crippen LogP contribution is -2.46. The molecule has 4 atom stereocenters. The number of hydrogen-bond donors (Lipinski definition) is 2. The molecule has 1 fully saturated rings. The van der Waals surface area contributed by atoms with Gasteiger partial charge in [0, 0.05) is 27.0 Å². The predicted octanol–water partition coefficient (Wildman–Crippen LogP) is 0.0126. The third kappa shape index (κ3) is 3.61. The smallest absolute Gasteiger partial charge is 0.258 e. The number of halogens is 1. The normalized spacial score (nSPS) is 31.7. The number of hydrogen-bond acceptors (Lipinski definition) is 6. The van der Waals surface area contributed by atoms with E-state index in [1.54, 1.807) is 12.2 Å². The summed E-state index contributed by atoms with van der Waals surface area (Å²) in [5, 5.41) is 2.58. The van der Waals surface area contributed by atoms with E-state index in [0.717, 1.165) is 0 Å². The molecule has 2 aliphatic rings. The number of rotatable bonds is 6. The van der Waals surface area contributed by atoms with E-state index in [-0.39, 0.29) is 18.3 Å². The number of carbonyl (C=O) groups excluding carboxylic acids is 1. The lowest BCUT2D eigenvalue weighted by Gasteiger charge is -2.33. The summed E-state index contributed by atoms with van der Waals surface area (Å²) in [5.74, 6) is -0.0958. The molecule has 0 aromatic heterocycles. The zero-order chi connectivity index (χ0) is 17.0. The molecule has 0 aliphatic carbocycles. The number of nitrogens with two attached hydrogens (primary N) is 1. The second-order valence-corrected chi connectivity index (χ2v) is 5.20. The van der Waals surface area contributed by atoms with Gasteiger partial charge < -0.3 is 30.2 Å². The Morgan fingerprint density at radius 2 is 2.30 bits per heavy atom. The van der Waals surface area contributed by atoms with E-state index in [9.17, 15) is 9.18 Å². The summed E-state index contributed by atoms with van der Waals surface area (Å²) in [4.78, 5) is 13.3. The molecule has 2 heterocycles. The molecule has 0 aromatic rings. The van der Waals surface area contributed by atoms with E-state index in [1.165, 1.54) is 25.3 Å². The van der Waals surface area contributed by atoms with Crippen LogP contribution < -0.4 is 11.1 Å². The highest BCUT2D eigenvalue weighted by molar-refractivity contribution is 5.98. The maximum absolute atomic E-state index is 14.7. The van der Waals surface area contributed by atoms with Gasteiger partial charge in [0.15, 0.2) is 12.4 Å². The highest BCUT2D eigenvalue weighted by Crippen LogP contribution is 2.31. The molecule has 1 amide bonds. The fourth-order valence-electron chi connectivity index (χ4n) is 2.59. The number of carbonyl (C=O) groups is 1. The molecule has 23 heavy (non-hydrogen) atoms. The molecular formula is C15H22FN3O4. The molecule has 3 N–H and O–H groups in total. The van der Waals surface area contributed by atoms with Crippen molar-refractivity contribution in [1.29, 1.82) is 0 Å². The standard InChI is InChI=1S/C15H22FN3O4/c1-9-18-14(20)10(5-4-6-17)7-19(9)15-12(16)13(22-3)11(23-15)8-21-2/h4-5,7,11-13,15H,1,6,8,17H2,2-3H3,(H,18,20)/b5-4+/t11-,12?,13-,15?/m1/s1. The van der Waals surface area contributed by atoms with Gasteiger partial charge in [-0.15, -0.1) is 0 Å². The Bertz CT molecular complexity index is 523. The van der Waals surface area contributed by atoms with Gasteiger partial charge in [0.25, 0.3) is 5.91 Å². The van der Waals surface area contributed by atoms with Gasteiger partial charge in [-0.3, -0.25) is 4.79 Å². The third-order valence-electron chi connectivity index (χ3n) is 3.69. The first-order valence-corrected chi connectivity index (χ1v) is 7.21. The molecule has 128 valence electrons. The number of alkyl halides is 1. The van der Waals surface area contributed by atoms with Crippen LogP contribution in [0.25, 0.3) is 0 Å². The molecule has 7 nitrogen and oxygen atoms in total. The Balaban J connectivity index is 2.25. The van der Waals surface area contributed by atoms with E-state index >= 15 is 0 Å². The summed E-state index contributed by atoms with van der Waals surface area (Å²) in [6.07, 6.45) is 0.987. The van der Waals surface area contributed by atoms with Crippen molar-refractivity contribution in [3.8, 4) is 0 Å². The minimum Gasteiger partial charge on any atom is -0.382 e. The van der Waals surface area contributed by atoms with Gasteiger partial charge in [-0.1, -0.05) is 18.7 Å². The van der Waals surface area contributed by atoms with Crippen molar-refractivity contribution >= 4 is 5.91 Å². The van der Waals surface area contributed by atoms with Crippen LogP contribution in [0.1, 0.15) is 0 Å². The average molecular weight is 327 g/mol. The summed E-state index contributed by atoms with van der Waals surface area (Å²) in [7, 11) is 2.93. The van der Waals surface area contributed by atoms with Crippen molar-refractivity contribution in [2.45, 2.75) is 24.6 Å². The number of nitrogens with one attached hydrogen (secondary N) is 1. The first-order chi connectivity index (χ1) is 11.0. The molecule has 0 saturated carbocycles. The molecule has 2 rings (SSSR count). The van der Waals surface area contributed by atoms with E-state index < -0.39 is 24.6 Å².